The van der Waals surface area contributed by atoms with Crippen molar-refractivity contribution in [3.63, 3.8) is 0 Å². The molecule has 0 aliphatic carbocycles. The quantitative estimate of drug-likeness (QED) is 0.827. The molecule has 2 aromatic rings. The monoisotopic (exact) mass is 217 g/mol. The van der Waals surface area contributed by atoms with Crippen molar-refractivity contribution in [1.82, 2.24) is 9.97 Å². The maximum atomic E-state index is 5.71. The number of nitrogens with one attached hydrogen (secondary N) is 1. The normalized spacial score (nSPS) is 13.2. The van der Waals surface area contributed by atoms with Gasteiger partial charge in [-0.2, -0.15) is 0 Å². The first-order valence-corrected chi connectivity index (χ1v) is 5.93. The summed E-state index contributed by atoms with van der Waals surface area (Å²) in [6.07, 6.45) is 2.35. The molecule has 1 aromatic heterocycles. The highest BCUT2D eigenvalue weighted by Gasteiger charge is 2.11. The average Bonchev–Trinajstić information content (AvgIpc) is 2.72. The van der Waals surface area contributed by atoms with Crippen molar-refractivity contribution < 1.29 is 0 Å². The zero-order chi connectivity index (χ0) is 11.5. The number of nitrogens with two attached hydrogens (primary N) is 1. The fourth-order valence-electron chi connectivity index (χ4n) is 2.08. The Morgan fingerprint density at radius 3 is 2.94 bits per heavy atom. The molecule has 86 valence electrons. The third-order valence-electron chi connectivity index (χ3n) is 3.02. The predicted octanol–water partition coefficient (Wildman–Crippen LogP) is 2.93. The Morgan fingerprint density at radius 1 is 1.44 bits per heavy atom. The summed E-state index contributed by atoms with van der Waals surface area (Å²) < 4.78 is 0. The van der Waals surface area contributed by atoms with Gasteiger partial charge >= 0.3 is 0 Å². The van der Waals surface area contributed by atoms with Crippen molar-refractivity contribution >= 4 is 11.0 Å². The van der Waals surface area contributed by atoms with Crippen LogP contribution in [-0.4, -0.2) is 9.97 Å². The Hall–Kier alpha value is -1.35. The molecule has 0 radical (unpaired) electrons. The van der Waals surface area contributed by atoms with E-state index in [2.05, 4.69) is 29.9 Å². The molecule has 1 heterocycles. The summed E-state index contributed by atoms with van der Waals surface area (Å²) in [5.41, 5.74) is 8.95. The van der Waals surface area contributed by atoms with E-state index in [-0.39, 0.29) is 0 Å². The lowest BCUT2D eigenvalue weighted by molar-refractivity contribution is 0.635. The van der Waals surface area contributed by atoms with Gasteiger partial charge in [0.15, 0.2) is 0 Å². The second kappa shape index (κ2) is 4.66. The highest BCUT2D eigenvalue weighted by atomic mass is 14.9. The summed E-state index contributed by atoms with van der Waals surface area (Å²) in [7, 11) is 0. The molecule has 1 unspecified atom stereocenters. The Morgan fingerprint density at radius 2 is 2.25 bits per heavy atom. The fraction of sp³-hybridized carbons (Fsp3) is 0.462. The van der Waals surface area contributed by atoms with E-state index in [1.54, 1.807) is 0 Å². The van der Waals surface area contributed by atoms with Crippen molar-refractivity contribution in [3.8, 4) is 0 Å². The van der Waals surface area contributed by atoms with Crippen LogP contribution in [0.3, 0.4) is 0 Å². The average molecular weight is 217 g/mol. The smallest absolute Gasteiger partial charge is 0.110 e. The first kappa shape index (κ1) is 11.1. The number of hydrogen-bond donors (Lipinski definition) is 2. The molecule has 1 atom stereocenters. The van der Waals surface area contributed by atoms with E-state index in [4.69, 9.17) is 5.73 Å². The molecule has 16 heavy (non-hydrogen) atoms. The number of fused-ring (bicyclic) bond motifs is 1. The molecular formula is C13H19N3. The van der Waals surface area contributed by atoms with E-state index in [1.807, 2.05) is 12.1 Å². The summed E-state index contributed by atoms with van der Waals surface area (Å²) in [4.78, 5) is 8.05. The number of benzene rings is 1. The predicted molar refractivity (Wildman–Crippen MR) is 67.3 cm³/mol. The lowest BCUT2D eigenvalue weighted by Crippen LogP contribution is -1.97. The van der Waals surface area contributed by atoms with Crippen LogP contribution in [-0.2, 0) is 6.54 Å². The van der Waals surface area contributed by atoms with Gasteiger partial charge in [-0.05, 0) is 18.1 Å². The van der Waals surface area contributed by atoms with E-state index in [1.165, 1.54) is 6.42 Å². The molecule has 0 saturated carbocycles. The van der Waals surface area contributed by atoms with Gasteiger partial charge in [-0.15, -0.1) is 0 Å². The second-order valence-electron chi connectivity index (χ2n) is 4.33. The van der Waals surface area contributed by atoms with Crippen LogP contribution in [0.25, 0.3) is 11.0 Å². The maximum Gasteiger partial charge on any atom is 0.110 e. The summed E-state index contributed by atoms with van der Waals surface area (Å²) in [6.45, 7) is 4.96. The van der Waals surface area contributed by atoms with Crippen molar-refractivity contribution in [3.05, 3.63) is 29.6 Å². The number of rotatable bonds is 4. The third-order valence-corrected chi connectivity index (χ3v) is 3.02. The van der Waals surface area contributed by atoms with Gasteiger partial charge in [0.2, 0.25) is 0 Å². The minimum atomic E-state index is 0.489. The van der Waals surface area contributed by atoms with Gasteiger partial charge in [-0.1, -0.05) is 32.4 Å². The molecule has 0 spiro atoms. The molecule has 3 N–H and O–H groups in total. The fourth-order valence-corrected chi connectivity index (χ4v) is 2.08. The summed E-state index contributed by atoms with van der Waals surface area (Å²) in [5, 5.41) is 0. The molecular weight excluding hydrogens is 198 g/mol. The van der Waals surface area contributed by atoms with E-state index in [0.29, 0.717) is 12.5 Å². The van der Waals surface area contributed by atoms with Crippen LogP contribution in [0.2, 0.25) is 0 Å². The van der Waals surface area contributed by atoms with Crippen molar-refractivity contribution in [2.75, 3.05) is 0 Å². The Labute approximate surface area is 96.1 Å². The largest absolute Gasteiger partial charge is 0.342 e. The molecule has 3 nitrogen and oxygen atoms in total. The first-order chi connectivity index (χ1) is 7.76. The van der Waals surface area contributed by atoms with Crippen LogP contribution in [0.15, 0.2) is 18.2 Å². The van der Waals surface area contributed by atoms with Gasteiger partial charge in [0.1, 0.15) is 5.82 Å². The highest BCUT2D eigenvalue weighted by molar-refractivity contribution is 5.78. The maximum absolute atomic E-state index is 5.71. The Kier molecular flexibility index (Phi) is 3.25. The zero-order valence-corrected chi connectivity index (χ0v) is 9.96. The van der Waals surface area contributed by atoms with Gasteiger partial charge in [0, 0.05) is 12.5 Å². The van der Waals surface area contributed by atoms with E-state index in [0.717, 1.165) is 28.8 Å². The molecule has 0 aliphatic heterocycles. The number of hydrogen-bond acceptors (Lipinski definition) is 2. The van der Waals surface area contributed by atoms with Gasteiger partial charge in [0.25, 0.3) is 0 Å². The Bertz CT molecular complexity index is 473. The van der Waals surface area contributed by atoms with Gasteiger partial charge in [-0.25, -0.2) is 4.98 Å². The van der Waals surface area contributed by atoms with Crippen LogP contribution in [0, 0.1) is 0 Å². The van der Waals surface area contributed by atoms with Crippen molar-refractivity contribution in [1.29, 1.82) is 0 Å². The minimum Gasteiger partial charge on any atom is -0.342 e. The molecule has 1 aromatic carbocycles. The number of nitrogens with zero attached hydrogens (tertiary/aromatic N) is 1. The molecule has 0 fully saturated rings. The van der Waals surface area contributed by atoms with Crippen LogP contribution < -0.4 is 5.73 Å². The number of aromatic nitrogens is 2. The standard InChI is InChI=1S/C13H19N3/c1-3-5-9(2)13-15-11-7-4-6-10(8-14)12(11)16-13/h4,6-7,9H,3,5,8,14H2,1-2H3,(H,15,16). The molecule has 0 amide bonds. The SMILES string of the molecule is CCCC(C)c1nc2c(CN)cccc2[nH]1. The van der Waals surface area contributed by atoms with Gasteiger partial charge in [-0.3, -0.25) is 0 Å². The van der Waals surface area contributed by atoms with Crippen LogP contribution in [0.5, 0.6) is 0 Å². The van der Waals surface area contributed by atoms with Crippen molar-refractivity contribution in [2.24, 2.45) is 5.73 Å². The minimum absolute atomic E-state index is 0.489. The van der Waals surface area contributed by atoms with E-state index >= 15 is 0 Å². The molecule has 0 saturated heterocycles. The van der Waals surface area contributed by atoms with E-state index in [9.17, 15) is 0 Å². The second-order valence-corrected chi connectivity index (χ2v) is 4.33. The summed E-state index contributed by atoms with van der Waals surface area (Å²) in [5.74, 6) is 1.57. The molecule has 0 bridgehead atoms. The number of aromatic amines is 1. The number of H-pyrrole nitrogens is 1. The topological polar surface area (TPSA) is 54.7 Å². The Balaban J connectivity index is 2.43. The molecule has 3 heteroatoms. The molecule has 0 aliphatic rings. The number of para-hydroxylation sites is 1. The van der Waals surface area contributed by atoms with Crippen molar-refractivity contribution in [2.45, 2.75) is 39.2 Å². The van der Waals surface area contributed by atoms with Crippen LogP contribution >= 0.6 is 0 Å². The van der Waals surface area contributed by atoms with Gasteiger partial charge < -0.3 is 10.7 Å². The van der Waals surface area contributed by atoms with Crippen LogP contribution in [0.4, 0.5) is 0 Å². The zero-order valence-electron chi connectivity index (χ0n) is 9.96. The lowest BCUT2D eigenvalue weighted by atomic mass is 10.1. The number of imidazole rings is 1. The van der Waals surface area contributed by atoms with Gasteiger partial charge in [0.05, 0.1) is 11.0 Å². The van der Waals surface area contributed by atoms with Crippen LogP contribution in [0.1, 0.15) is 44.0 Å². The molecule has 2 rings (SSSR count). The lowest BCUT2D eigenvalue weighted by Gasteiger charge is -2.04. The first-order valence-electron chi connectivity index (χ1n) is 5.93. The summed E-state index contributed by atoms with van der Waals surface area (Å²) >= 11 is 0. The summed E-state index contributed by atoms with van der Waals surface area (Å²) in [6, 6.07) is 6.12. The third kappa shape index (κ3) is 1.95. The highest BCUT2D eigenvalue weighted by Crippen LogP contribution is 2.22. The van der Waals surface area contributed by atoms with E-state index < -0.39 is 0 Å².